The summed E-state index contributed by atoms with van der Waals surface area (Å²) in [4.78, 5) is 4.38. The number of pyridine rings is 1. The van der Waals surface area contributed by atoms with Crippen LogP contribution in [-0.4, -0.2) is 36.0 Å². The summed E-state index contributed by atoms with van der Waals surface area (Å²) >= 11 is 0. The van der Waals surface area contributed by atoms with Crippen molar-refractivity contribution < 1.29 is 13.5 Å². The highest BCUT2D eigenvalue weighted by molar-refractivity contribution is 7.89. The van der Waals surface area contributed by atoms with Gasteiger partial charge >= 0.3 is 0 Å². The molecule has 0 bridgehead atoms. The molecule has 0 aliphatic rings. The Morgan fingerprint density at radius 1 is 1.12 bits per heavy atom. The van der Waals surface area contributed by atoms with E-state index in [-0.39, 0.29) is 19.7 Å². The number of aryl methyl sites for hydroxylation is 2. The number of aliphatic hydroxyl groups excluding tert-OH is 1. The molecule has 24 heavy (non-hydrogen) atoms. The molecule has 0 atom stereocenters. The van der Waals surface area contributed by atoms with Crippen LogP contribution in [0.1, 0.15) is 27.8 Å². The molecule has 0 aliphatic heterocycles. The van der Waals surface area contributed by atoms with Crippen molar-refractivity contribution in [2.24, 2.45) is 0 Å². The van der Waals surface area contributed by atoms with E-state index < -0.39 is 10.0 Å². The maximum atomic E-state index is 13.3. The molecule has 2 rings (SSSR count). The van der Waals surface area contributed by atoms with Gasteiger partial charge in [-0.3, -0.25) is 4.98 Å². The first-order valence-corrected chi connectivity index (χ1v) is 9.30. The average molecular weight is 348 g/mol. The summed E-state index contributed by atoms with van der Waals surface area (Å²) in [6, 6.07) is 5.60. The topological polar surface area (TPSA) is 70.5 Å². The van der Waals surface area contributed by atoms with E-state index in [4.69, 9.17) is 0 Å². The number of sulfonamides is 1. The fourth-order valence-corrected chi connectivity index (χ4v) is 4.78. The van der Waals surface area contributed by atoms with E-state index in [2.05, 4.69) is 4.98 Å². The summed E-state index contributed by atoms with van der Waals surface area (Å²) in [5, 5.41) is 9.35. The van der Waals surface area contributed by atoms with Crippen LogP contribution in [0.5, 0.6) is 0 Å². The highest BCUT2D eigenvalue weighted by atomic mass is 32.2. The Kier molecular flexibility index (Phi) is 5.74. The molecule has 0 aliphatic carbocycles. The zero-order valence-corrected chi connectivity index (χ0v) is 15.4. The second-order valence-electron chi connectivity index (χ2n) is 6.01. The molecule has 0 fully saturated rings. The predicted octanol–water partition coefficient (Wildman–Crippen LogP) is 2.50. The average Bonchev–Trinajstić information content (AvgIpc) is 2.53. The van der Waals surface area contributed by atoms with Crippen LogP contribution in [-0.2, 0) is 16.6 Å². The molecular weight excluding hydrogens is 324 g/mol. The van der Waals surface area contributed by atoms with Gasteiger partial charge in [-0.25, -0.2) is 8.42 Å². The highest BCUT2D eigenvalue weighted by Gasteiger charge is 2.29. The van der Waals surface area contributed by atoms with Gasteiger partial charge in [-0.2, -0.15) is 4.31 Å². The van der Waals surface area contributed by atoms with Crippen molar-refractivity contribution in [1.29, 1.82) is 0 Å². The molecule has 0 unspecified atom stereocenters. The van der Waals surface area contributed by atoms with Gasteiger partial charge in [0, 0.05) is 25.5 Å². The lowest BCUT2D eigenvalue weighted by atomic mass is 10.0. The van der Waals surface area contributed by atoms with E-state index >= 15 is 0 Å². The molecule has 1 heterocycles. The molecule has 1 aromatic carbocycles. The fourth-order valence-electron chi connectivity index (χ4n) is 2.79. The molecule has 0 saturated carbocycles. The molecule has 0 spiro atoms. The third-order valence-corrected chi connectivity index (χ3v) is 6.45. The minimum atomic E-state index is -3.72. The van der Waals surface area contributed by atoms with E-state index in [1.807, 2.05) is 39.8 Å². The summed E-state index contributed by atoms with van der Waals surface area (Å²) in [6.45, 7) is 7.48. The normalized spacial score (nSPS) is 11.9. The van der Waals surface area contributed by atoms with Gasteiger partial charge in [0.25, 0.3) is 0 Å². The monoisotopic (exact) mass is 348 g/mol. The lowest BCUT2D eigenvalue weighted by Gasteiger charge is -2.25. The SMILES string of the molecule is Cc1cc(C)c(C)c(S(=O)(=O)N(CCO)Cc2cccnc2)c1C. The fraction of sp³-hybridized carbons (Fsp3) is 0.389. The Balaban J connectivity index is 2.54. The van der Waals surface area contributed by atoms with Crippen LogP contribution < -0.4 is 0 Å². The number of aromatic nitrogens is 1. The van der Waals surface area contributed by atoms with Gasteiger partial charge in [-0.05, 0) is 61.6 Å². The van der Waals surface area contributed by atoms with E-state index in [0.717, 1.165) is 27.8 Å². The number of benzene rings is 1. The van der Waals surface area contributed by atoms with Crippen molar-refractivity contribution in [2.45, 2.75) is 39.1 Å². The Hall–Kier alpha value is -1.76. The lowest BCUT2D eigenvalue weighted by Crippen LogP contribution is -2.34. The molecule has 130 valence electrons. The van der Waals surface area contributed by atoms with Gasteiger partial charge in [-0.15, -0.1) is 0 Å². The molecule has 1 aromatic heterocycles. The molecule has 0 amide bonds. The van der Waals surface area contributed by atoms with Gasteiger partial charge in [0.15, 0.2) is 0 Å². The van der Waals surface area contributed by atoms with Crippen LogP contribution in [0.2, 0.25) is 0 Å². The van der Waals surface area contributed by atoms with Crippen molar-refractivity contribution in [3.63, 3.8) is 0 Å². The van der Waals surface area contributed by atoms with Gasteiger partial charge in [0.2, 0.25) is 10.0 Å². The Bertz CT molecular complexity index is 792. The van der Waals surface area contributed by atoms with Gasteiger partial charge in [0.05, 0.1) is 11.5 Å². The second-order valence-corrected chi connectivity index (χ2v) is 7.89. The molecule has 5 nitrogen and oxygen atoms in total. The molecular formula is C18H24N2O3S. The standard InChI is InChI=1S/C18H24N2O3S/c1-13-10-14(2)16(4)18(15(13)3)24(22,23)20(8-9-21)12-17-6-5-7-19-11-17/h5-7,10-11,21H,8-9,12H2,1-4H3. The van der Waals surface area contributed by atoms with Crippen LogP contribution in [0.15, 0.2) is 35.5 Å². The van der Waals surface area contributed by atoms with Crippen LogP contribution in [0.4, 0.5) is 0 Å². The minimum Gasteiger partial charge on any atom is -0.395 e. The summed E-state index contributed by atoms with van der Waals surface area (Å²) in [6.07, 6.45) is 3.29. The van der Waals surface area contributed by atoms with E-state index in [1.165, 1.54) is 4.31 Å². The van der Waals surface area contributed by atoms with Crippen LogP contribution in [0.3, 0.4) is 0 Å². The Morgan fingerprint density at radius 3 is 2.25 bits per heavy atom. The van der Waals surface area contributed by atoms with Crippen molar-refractivity contribution >= 4 is 10.0 Å². The second kappa shape index (κ2) is 7.42. The summed E-state index contributed by atoms with van der Waals surface area (Å²) in [7, 11) is -3.72. The zero-order chi connectivity index (χ0) is 17.9. The first kappa shape index (κ1) is 18.6. The summed E-state index contributed by atoms with van der Waals surface area (Å²) in [5.74, 6) is 0. The molecule has 6 heteroatoms. The van der Waals surface area contributed by atoms with Crippen molar-refractivity contribution in [1.82, 2.24) is 9.29 Å². The van der Waals surface area contributed by atoms with E-state index in [0.29, 0.717) is 4.90 Å². The maximum absolute atomic E-state index is 13.3. The van der Waals surface area contributed by atoms with Crippen LogP contribution >= 0.6 is 0 Å². The van der Waals surface area contributed by atoms with E-state index in [1.54, 1.807) is 18.5 Å². The lowest BCUT2D eigenvalue weighted by molar-refractivity contribution is 0.251. The van der Waals surface area contributed by atoms with Gasteiger partial charge in [0.1, 0.15) is 0 Å². The molecule has 1 N–H and O–H groups in total. The number of aliphatic hydroxyl groups is 1. The molecule has 0 radical (unpaired) electrons. The molecule has 0 saturated heterocycles. The maximum Gasteiger partial charge on any atom is 0.244 e. The predicted molar refractivity (Wildman–Crippen MR) is 94.3 cm³/mol. The highest BCUT2D eigenvalue weighted by Crippen LogP contribution is 2.29. The molecule has 2 aromatic rings. The first-order chi connectivity index (χ1) is 11.3. The largest absolute Gasteiger partial charge is 0.395 e. The third-order valence-electron chi connectivity index (χ3n) is 4.33. The van der Waals surface area contributed by atoms with E-state index in [9.17, 15) is 13.5 Å². The van der Waals surface area contributed by atoms with Crippen molar-refractivity contribution in [3.05, 3.63) is 58.4 Å². The van der Waals surface area contributed by atoms with Gasteiger partial charge in [-0.1, -0.05) is 12.1 Å². The minimum absolute atomic E-state index is 0.0447. The smallest absolute Gasteiger partial charge is 0.244 e. The number of hydrogen-bond acceptors (Lipinski definition) is 4. The summed E-state index contributed by atoms with van der Waals surface area (Å²) in [5.41, 5.74) is 4.19. The quantitative estimate of drug-likeness (QED) is 0.871. The number of hydrogen-bond donors (Lipinski definition) is 1. The van der Waals surface area contributed by atoms with Crippen molar-refractivity contribution in [3.8, 4) is 0 Å². The first-order valence-electron chi connectivity index (χ1n) is 7.86. The van der Waals surface area contributed by atoms with Crippen LogP contribution in [0.25, 0.3) is 0 Å². The van der Waals surface area contributed by atoms with Gasteiger partial charge < -0.3 is 5.11 Å². The van der Waals surface area contributed by atoms with Crippen molar-refractivity contribution in [2.75, 3.05) is 13.2 Å². The number of rotatable bonds is 6. The Morgan fingerprint density at radius 2 is 1.75 bits per heavy atom. The third kappa shape index (κ3) is 3.66. The Labute approximate surface area is 144 Å². The number of nitrogens with zero attached hydrogens (tertiary/aromatic N) is 2. The summed E-state index contributed by atoms with van der Waals surface area (Å²) < 4.78 is 27.9. The zero-order valence-electron chi connectivity index (χ0n) is 14.6. The van der Waals surface area contributed by atoms with Crippen LogP contribution in [0, 0.1) is 27.7 Å².